The molecule has 2 aliphatic rings. The number of guanidine groups is 1. The van der Waals surface area contributed by atoms with Gasteiger partial charge in [-0.05, 0) is 32.1 Å². The summed E-state index contributed by atoms with van der Waals surface area (Å²) in [7, 11) is 1.79. The zero-order chi connectivity index (χ0) is 13.5. The van der Waals surface area contributed by atoms with E-state index in [0.717, 1.165) is 44.7 Å². The highest BCUT2D eigenvalue weighted by molar-refractivity contribution is 5.80. The predicted octanol–water partition coefficient (Wildman–Crippen LogP) is 2.11. The first kappa shape index (κ1) is 14.6. The van der Waals surface area contributed by atoms with Crippen molar-refractivity contribution in [3.05, 3.63) is 0 Å². The van der Waals surface area contributed by atoms with E-state index in [1.54, 1.807) is 7.11 Å². The fourth-order valence-corrected chi connectivity index (χ4v) is 3.23. The van der Waals surface area contributed by atoms with Crippen molar-refractivity contribution in [1.29, 1.82) is 0 Å². The monoisotopic (exact) mass is 267 g/mol. The molecule has 1 N–H and O–H groups in total. The molecule has 2 rings (SSSR count). The predicted molar refractivity (Wildman–Crippen MR) is 79.5 cm³/mol. The fraction of sp³-hybridized carbons (Fsp3) is 0.933. The molecule has 1 unspecified atom stereocenters. The molecular formula is C15H29N3O. The van der Waals surface area contributed by atoms with E-state index in [1.165, 1.54) is 32.1 Å². The van der Waals surface area contributed by atoms with Crippen molar-refractivity contribution in [3.8, 4) is 0 Å². The lowest BCUT2D eigenvalue weighted by molar-refractivity contribution is 0.157. The third-order valence-corrected chi connectivity index (χ3v) is 4.30. The summed E-state index contributed by atoms with van der Waals surface area (Å²) in [6, 6.07) is 0. The minimum atomic E-state index is 0.667. The van der Waals surface area contributed by atoms with Crippen LogP contribution in [0.15, 0.2) is 4.99 Å². The molecule has 0 aromatic carbocycles. The van der Waals surface area contributed by atoms with E-state index in [2.05, 4.69) is 17.1 Å². The van der Waals surface area contributed by atoms with Crippen LogP contribution in [0.5, 0.6) is 0 Å². The van der Waals surface area contributed by atoms with Crippen molar-refractivity contribution in [3.63, 3.8) is 0 Å². The molecule has 0 bridgehead atoms. The van der Waals surface area contributed by atoms with Crippen LogP contribution in [0.2, 0.25) is 0 Å². The van der Waals surface area contributed by atoms with Gasteiger partial charge in [-0.3, -0.25) is 4.99 Å². The van der Waals surface area contributed by atoms with Gasteiger partial charge in [-0.1, -0.05) is 12.8 Å². The number of rotatable bonds is 5. The smallest absolute Gasteiger partial charge is 0.193 e. The summed E-state index contributed by atoms with van der Waals surface area (Å²) in [5.74, 6) is 2.61. The first-order valence-corrected chi connectivity index (χ1v) is 7.85. The van der Waals surface area contributed by atoms with Gasteiger partial charge in [-0.2, -0.15) is 0 Å². The highest BCUT2D eigenvalue weighted by Crippen LogP contribution is 2.25. The molecule has 1 aliphatic heterocycles. The third-order valence-electron chi connectivity index (χ3n) is 4.30. The summed E-state index contributed by atoms with van der Waals surface area (Å²) in [6.07, 6.45) is 6.76. The maximum absolute atomic E-state index is 5.27. The Morgan fingerprint density at radius 1 is 1.26 bits per heavy atom. The first-order chi connectivity index (χ1) is 9.33. The van der Waals surface area contributed by atoms with E-state index in [-0.39, 0.29) is 0 Å². The van der Waals surface area contributed by atoms with E-state index >= 15 is 0 Å². The molecule has 110 valence electrons. The normalized spacial score (nSPS) is 25.3. The summed E-state index contributed by atoms with van der Waals surface area (Å²) in [5, 5.41) is 3.45. The van der Waals surface area contributed by atoms with Crippen molar-refractivity contribution >= 4 is 5.96 Å². The molecule has 4 nitrogen and oxygen atoms in total. The molecule has 1 saturated carbocycles. The average molecular weight is 267 g/mol. The fourth-order valence-electron chi connectivity index (χ4n) is 3.23. The van der Waals surface area contributed by atoms with Crippen LogP contribution in [-0.2, 0) is 4.74 Å². The van der Waals surface area contributed by atoms with Gasteiger partial charge in [0.2, 0.25) is 0 Å². The van der Waals surface area contributed by atoms with Gasteiger partial charge >= 0.3 is 0 Å². The topological polar surface area (TPSA) is 36.9 Å². The van der Waals surface area contributed by atoms with Gasteiger partial charge < -0.3 is 15.0 Å². The molecule has 2 fully saturated rings. The van der Waals surface area contributed by atoms with Crippen LogP contribution in [0, 0.1) is 11.8 Å². The zero-order valence-corrected chi connectivity index (χ0v) is 12.5. The van der Waals surface area contributed by atoms with Crippen LogP contribution in [0.3, 0.4) is 0 Å². The summed E-state index contributed by atoms with van der Waals surface area (Å²) in [4.78, 5) is 7.27. The van der Waals surface area contributed by atoms with Gasteiger partial charge in [0.15, 0.2) is 5.96 Å². The Morgan fingerprint density at radius 2 is 2.05 bits per heavy atom. The Bertz CT molecular complexity index is 287. The number of likely N-dealkylation sites (tertiary alicyclic amines) is 1. The number of methoxy groups -OCH3 is 1. The van der Waals surface area contributed by atoms with E-state index in [4.69, 9.17) is 9.73 Å². The van der Waals surface area contributed by atoms with Crippen LogP contribution >= 0.6 is 0 Å². The van der Waals surface area contributed by atoms with Crippen molar-refractivity contribution in [2.45, 2.75) is 39.0 Å². The molecule has 0 amide bonds. The molecular weight excluding hydrogens is 238 g/mol. The lowest BCUT2D eigenvalue weighted by atomic mass is 10.1. The molecule has 0 spiro atoms. The first-order valence-electron chi connectivity index (χ1n) is 7.85. The van der Waals surface area contributed by atoms with Crippen LogP contribution in [0.25, 0.3) is 0 Å². The summed E-state index contributed by atoms with van der Waals surface area (Å²) in [5.41, 5.74) is 0. The van der Waals surface area contributed by atoms with Crippen molar-refractivity contribution in [2.75, 3.05) is 39.9 Å². The zero-order valence-electron chi connectivity index (χ0n) is 12.5. The minimum absolute atomic E-state index is 0.667. The number of aliphatic imine (C=N–C) groups is 1. The van der Waals surface area contributed by atoms with Crippen molar-refractivity contribution < 1.29 is 4.74 Å². The number of hydrogen-bond donors (Lipinski definition) is 1. The summed E-state index contributed by atoms with van der Waals surface area (Å²) in [6.45, 7) is 7.18. The van der Waals surface area contributed by atoms with Gasteiger partial charge in [0.05, 0.1) is 6.61 Å². The minimum Gasteiger partial charge on any atom is -0.384 e. The largest absolute Gasteiger partial charge is 0.384 e. The number of hydrogen-bond acceptors (Lipinski definition) is 2. The van der Waals surface area contributed by atoms with Crippen LogP contribution < -0.4 is 5.32 Å². The standard InChI is InChI=1S/C15H29N3O/c1-3-16-15(17-10-13-6-4-5-7-13)18-9-8-14(11-18)12-19-2/h13-14H,3-12H2,1-2H3,(H,16,17). The molecule has 0 aromatic rings. The lowest BCUT2D eigenvalue weighted by Gasteiger charge is -2.22. The number of nitrogens with zero attached hydrogens (tertiary/aromatic N) is 2. The van der Waals surface area contributed by atoms with Crippen LogP contribution in [0.4, 0.5) is 0 Å². The summed E-state index contributed by atoms with van der Waals surface area (Å²) >= 11 is 0. The SMILES string of the molecule is CCNC(=NCC1CCCC1)N1CCC(COC)C1. The van der Waals surface area contributed by atoms with E-state index in [0.29, 0.717) is 5.92 Å². The van der Waals surface area contributed by atoms with Crippen molar-refractivity contribution in [1.82, 2.24) is 10.2 Å². The van der Waals surface area contributed by atoms with Gasteiger partial charge in [-0.15, -0.1) is 0 Å². The Balaban J connectivity index is 1.85. The molecule has 1 aliphatic carbocycles. The maximum atomic E-state index is 5.27. The van der Waals surface area contributed by atoms with Gasteiger partial charge in [0.1, 0.15) is 0 Å². The highest BCUT2D eigenvalue weighted by Gasteiger charge is 2.25. The second-order valence-electron chi connectivity index (χ2n) is 5.90. The van der Waals surface area contributed by atoms with E-state index in [1.807, 2.05) is 0 Å². The van der Waals surface area contributed by atoms with Crippen LogP contribution in [0.1, 0.15) is 39.0 Å². The Labute approximate surface area is 117 Å². The second-order valence-corrected chi connectivity index (χ2v) is 5.90. The highest BCUT2D eigenvalue weighted by atomic mass is 16.5. The molecule has 1 heterocycles. The maximum Gasteiger partial charge on any atom is 0.193 e. The second kappa shape index (κ2) is 7.73. The Morgan fingerprint density at radius 3 is 2.74 bits per heavy atom. The summed E-state index contributed by atoms with van der Waals surface area (Å²) < 4.78 is 5.27. The van der Waals surface area contributed by atoms with Gasteiger partial charge in [0.25, 0.3) is 0 Å². The molecule has 0 aromatic heterocycles. The molecule has 1 atom stereocenters. The van der Waals surface area contributed by atoms with Gasteiger partial charge in [-0.25, -0.2) is 0 Å². The van der Waals surface area contributed by atoms with Crippen molar-refractivity contribution in [2.24, 2.45) is 16.8 Å². The molecule has 19 heavy (non-hydrogen) atoms. The quantitative estimate of drug-likeness (QED) is 0.612. The van der Waals surface area contributed by atoms with E-state index < -0.39 is 0 Å². The number of ether oxygens (including phenoxy) is 1. The molecule has 1 saturated heterocycles. The Kier molecular flexibility index (Phi) is 5.95. The molecule has 0 radical (unpaired) electrons. The van der Waals surface area contributed by atoms with E-state index in [9.17, 15) is 0 Å². The molecule has 4 heteroatoms. The van der Waals surface area contributed by atoms with Gasteiger partial charge in [0, 0.05) is 39.2 Å². The average Bonchev–Trinajstić information content (AvgIpc) is 3.06. The Hall–Kier alpha value is -0.770. The number of nitrogens with one attached hydrogen (secondary N) is 1. The van der Waals surface area contributed by atoms with Crippen LogP contribution in [-0.4, -0.2) is 50.8 Å². The third kappa shape index (κ3) is 4.37. The lowest BCUT2D eigenvalue weighted by Crippen LogP contribution is -2.40.